The van der Waals surface area contributed by atoms with Crippen molar-refractivity contribution < 1.29 is 9.13 Å². The summed E-state index contributed by atoms with van der Waals surface area (Å²) in [5, 5.41) is 3.50. The third-order valence-electron chi connectivity index (χ3n) is 3.48. The molecule has 94 valence electrons. The lowest BCUT2D eigenvalue weighted by Gasteiger charge is -2.28. The maximum atomic E-state index is 14.3. The molecule has 1 saturated heterocycles. The van der Waals surface area contributed by atoms with E-state index in [0.717, 1.165) is 24.9 Å². The number of aryl methyl sites for hydroxylation is 1. The van der Waals surface area contributed by atoms with Crippen LogP contribution in [-0.4, -0.2) is 13.7 Å². The summed E-state index contributed by atoms with van der Waals surface area (Å²) in [6.45, 7) is 4.77. The molecule has 1 aromatic rings. The molecule has 1 heterocycles. The molecule has 0 aromatic heterocycles. The van der Waals surface area contributed by atoms with Gasteiger partial charge in [0.05, 0.1) is 17.7 Å². The highest BCUT2D eigenvalue weighted by Gasteiger charge is 2.36. The van der Waals surface area contributed by atoms with Gasteiger partial charge in [0.2, 0.25) is 0 Å². The van der Waals surface area contributed by atoms with Crippen molar-refractivity contribution >= 4 is 11.6 Å². The van der Waals surface area contributed by atoms with Gasteiger partial charge in [0.15, 0.2) is 5.82 Å². The Morgan fingerprint density at radius 3 is 2.76 bits per heavy atom. The Hall–Kier alpha value is -0.800. The average molecular weight is 258 g/mol. The largest absolute Gasteiger partial charge is 0.496 e. The maximum absolute atomic E-state index is 14.3. The minimum Gasteiger partial charge on any atom is -0.496 e. The number of ether oxygens (including phenoxy) is 1. The number of rotatable bonds is 2. The average Bonchev–Trinajstić information content (AvgIpc) is 2.71. The van der Waals surface area contributed by atoms with Crippen LogP contribution in [0.1, 0.15) is 30.9 Å². The van der Waals surface area contributed by atoms with Crippen molar-refractivity contribution in [3.05, 3.63) is 28.0 Å². The van der Waals surface area contributed by atoms with E-state index >= 15 is 0 Å². The molecule has 0 aliphatic carbocycles. The molecule has 1 atom stereocenters. The van der Waals surface area contributed by atoms with Crippen LogP contribution in [0.5, 0.6) is 5.75 Å². The third-order valence-corrected chi connectivity index (χ3v) is 3.76. The van der Waals surface area contributed by atoms with E-state index in [-0.39, 0.29) is 16.4 Å². The van der Waals surface area contributed by atoms with Crippen LogP contribution in [-0.2, 0) is 5.54 Å². The quantitative estimate of drug-likeness (QED) is 0.877. The summed E-state index contributed by atoms with van der Waals surface area (Å²) in [7, 11) is 1.57. The minimum atomic E-state index is -0.384. The Kier molecular flexibility index (Phi) is 3.32. The second kappa shape index (κ2) is 4.46. The summed E-state index contributed by atoms with van der Waals surface area (Å²) in [5.74, 6) is 0.231. The van der Waals surface area contributed by atoms with Crippen molar-refractivity contribution in [2.75, 3.05) is 13.7 Å². The highest BCUT2D eigenvalue weighted by atomic mass is 35.5. The van der Waals surface area contributed by atoms with Gasteiger partial charge in [0.25, 0.3) is 0 Å². The van der Waals surface area contributed by atoms with Crippen LogP contribution in [0.25, 0.3) is 0 Å². The third kappa shape index (κ3) is 2.02. The zero-order valence-electron chi connectivity index (χ0n) is 10.4. The Labute approximate surface area is 106 Å². The summed E-state index contributed by atoms with van der Waals surface area (Å²) in [4.78, 5) is 0. The number of methoxy groups -OCH3 is 1. The van der Waals surface area contributed by atoms with Crippen molar-refractivity contribution in [2.24, 2.45) is 0 Å². The van der Waals surface area contributed by atoms with Gasteiger partial charge >= 0.3 is 0 Å². The molecule has 4 heteroatoms. The van der Waals surface area contributed by atoms with Gasteiger partial charge in [-0.15, -0.1) is 0 Å². The highest BCUT2D eigenvalue weighted by Crippen LogP contribution is 2.42. The summed E-state index contributed by atoms with van der Waals surface area (Å²) in [6.07, 6.45) is 1.92. The molecule has 1 aliphatic heterocycles. The number of nitrogens with one attached hydrogen (secondary N) is 1. The molecular weight excluding hydrogens is 241 g/mol. The lowest BCUT2D eigenvalue weighted by atomic mass is 9.88. The van der Waals surface area contributed by atoms with Gasteiger partial charge in [-0.3, -0.25) is 0 Å². The van der Waals surface area contributed by atoms with Crippen molar-refractivity contribution in [3.8, 4) is 5.75 Å². The molecule has 0 radical (unpaired) electrons. The molecule has 2 nitrogen and oxygen atoms in total. The molecule has 0 spiro atoms. The lowest BCUT2D eigenvalue weighted by molar-refractivity contribution is 0.354. The Morgan fingerprint density at radius 1 is 1.53 bits per heavy atom. The fraction of sp³-hybridized carbons (Fsp3) is 0.538. The molecule has 0 bridgehead atoms. The summed E-state index contributed by atoms with van der Waals surface area (Å²) in [5.41, 5.74) is 1.04. The maximum Gasteiger partial charge on any atom is 0.150 e. The van der Waals surface area contributed by atoms with Gasteiger partial charge in [-0.05, 0) is 44.9 Å². The molecule has 0 amide bonds. The monoisotopic (exact) mass is 257 g/mol. The van der Waals surface area contributed by atoms with Gasteiger partial charge in [0.1, 0.15) is 5.75 Å². The summed E-state index contributed by atoms with van der Waals surface area (Å²) in [6, 6.07) is 1.61. The second-order valence-corrected chi connectivity index (χ2v) is 5.17. The Balaban J connectivity index is 2.65. The molecule has 1 N–H and O–H groups in total. The lowest BCUT2D eigenvalue weighted by Crippen LogP contribution is -2.35. The van der Waals surface area contributed by atoms with E-state index in [1.54, 1.807) is 13.2 Å². The smallest absolute Gasteiger partial charge is 0.150 e. The number of hydrogen-bond acceptors (Lipinski definition) is 2. The summed E-state index contributed by atoms with van der Waals surface area (Å²) >= 11 is 5.93. The summed E-state index contributed by atoms with van der Waals surface area (Å²) < 4.78 is 19.6. The van der Waals surface area contributed by atoms with Crippen LogP contribution in [0, 0.1) is 12.7 Å². The topological polar surface area (TPSA) is 21.3 Å². The van der Waals surface area contributed by atoms with E-state index in [0.29, 0.717) is 11.3 Å². The predicted molar refractivity (Wildman–Crippen MR) is 67.3 cm³/mol. The second-order valence-electron chi connectivity index (χ2n) is 4.76. The Morgan fingerprint density at radius 2 is 2.24 bits per heavy atom. The SMILES string of the molecule is COc1c(C)cc(Cl)c(F)c1C1(C)CCCN1. The van der Waals surface area contributed by atoms with E-state index in [4.69, 9.17) is 16.3 Å². The van der Waals surface area contributed by atoms with Gasteiger partial charge in [-0.1, -0.05) is 11.6 Å². The fourth-order valence-corrected chi connectivity index (χ4v) is 2.86. The zero-order valence-corrected chi connectivity index (χ0v) is 11.1. The van der Waals surface area contributed by atoms with E-state index in [1.165, 1.54) is 0 Å². The molecule has 1 aliphatic rings. The first-order chi connectivity index (χ1) is 7.99. The first-order valence-corrected chi connectivity index (χ1v) is 6.15. The van der Waals surface area contributed by atoms with Crippen molar-refractivity contribution in [3.63, 3.8) is 0 Å². The van der Waals surface area contributed by atoms with Gasteiger partial charge < -0.3 is 10.1 Å². The first-order valence-electron chi connectivity index (χ1n) is 5.77. The van der Waals surface area contributed by atoms with Crippen LogP contribution >= 0.6 is 11.6 Å². The molecule has 1 fully saturated rings. The van der Waals surface area contributed by atoms with Crippen LogP contribution in [0.3, 0.4) is 0 Å². The normalized spacial score (nSPS) is 24.1. The number of halogens is 2. The first kappa shape index (κ1) is 12.7. The van der Waals surface area contributed by atoms with E-state index in [2.05, 4.69) is 5.32 Å². The van der Waals surface area contributed by atoms with E-state index in [9.17, 15) is 4.39 Å². The zero-order chi connectivity index (χ0) is 12.6. The van der Waals surface area contributed by atoms with Crippen LogP contribution in [0.4, 0.5) is 4.39 Å². The number of benzene rings is 1. The molecule has 17 heavy (non-hydrogen) atoms. The van der Waals surface area contributed by atoms with Crippen molar-refractivity contribution in [2.45, 2.75) is 32.2 Å². The molecule has 1 aromatic carbocycles. The standard InChI is InChI=1S/C13H17ClFNO/c1-8-7-9(14)11(15)10(12(8)17-3)13(2)5-4-6-16-13/h7,16H,4-6H2,1-3H3. The van der Waals surface area contributed by atoms with Crippen molar-refractivity contribution in [1.29, 1.82) is 0 Å². The fourth-order valence-electron chi connectivity index (χ4n) is 2.60. The predicted octanol–water partition coefficient (Wildman–Crippen LogP) is 3.39. The number of hydrogen-bond donors (Lipinski definition) is 1. The van der Waals surface area contributed by atoms with E-state index in [1.807, 2.05) is 13.8 Å². The van der Waals surface area contributed by atoms with Crippen LogP contribution < -0.4 is 10.1 Å². The van der Waals surface area contributed by atoms with Gasteiger partial charge in [-0.2, -0.15) is 0 Å². The molecule has 2 rings (SSSR count). The van der Waals surface area contributed by atoms with Gasteiger partial charge in [0, 0.05) is 5.54 Å². The van der Waals surface area contributed by atoms with Crippen molar-refractivity contribution in [1.82, 2.24) is 5.32 Å². The van der Waals surface area contributed by atoms with Crippen LogP contribution in [0.2, 0.25) is 5.02 Å². The molecule has 1 unspecified atom stereocenters. The minimum absolute atomic E-state index is 0.160. The van der Waals surface area contributed by atoms with E-state index < -0.39 is 0 Å². The Bertz CT molecular complexity index is 442. The molecule has 0 saturated carbocycles. The molecular formula is C13H17ClFNO. The van der Waals surface area contributed by atoms with Gasteiger partial charge in [-0.25, -0.2) is 4.39 Å². The highest BCUT2D eigenvalue weighted by molar-refractivity contribution is 6.31. The van der Waals surface area contributed by atoms with Crippen LogP contribution in [0.15, 0.2) is 6.07 Å².